The van der Waals surface area contributed by atoms with Crippen LogP contribution in [0.2, 0.25) is 0 Å². The SMILES string of the molecule is CC1(C(N)=O)CCN(C(=O)[C@@H](N)c2ccccc2)C1. The molecule has 0 bridgehead atoms. The third kappa shape index (κ3) is 2.61. The second-order valence-electron chi connectivity index (χ2n) is 5.32. The summed E-state index contributed by atoms with van der Waals surface area (Å²) in [6, 6.07) is 8.54. The van der Waals surface area contributed by atoms with Crippen molar-refractivity contribution in [2.75, 3.05) is 13.1 Å². The van der Waals surface area contributed by atoms with E-state index in [0.717, 1.165) is 5.56 Å². The minimum absolute atomic E-state index is 0.156. The van der Waals surface area contributed by atoms with Crippen LogP contribution < -0.4 is 11.5 Å². The van der Waals surface area contributed by atoms with E-state index in [-0.39, 0.29) is 11.8 Å². The van der Waals surface area contributed by atoms with E-state index in [1.807, 2.05) is 30.3 Å². The average molecular weight is 261 g/mol. The second-order valence-corrected chi connectivity index (χ2v) is 5.32. The van der Waals surface area contributed by atoms with Crippen LogP contribution in [0.15, 0.2) is 30.3 Å². The molecule has 0 aliphatic carbocycles. The lowest BCUT2D eigenvalue weighted by Crippen LogP contribution is -2.41. The Morgan fingerprint density at radius 3 is 2.47 bits per heavy atom. The topological polar surface area (TPSA) is 89.4 Å². The Labute approximate surface area is 112 Å². The maximum atomic E-state index is 12.3. The molecule has 0 spiro atoms. The molecule has 1 unspecified atom stereocenters. The molecule has 0 aromatic heterocycles. The molecule has 2 rings (SSSR count). The van der Waals surface area contributed by atoms with Gasteiger partial charge in [0.2, 0.25) is 11.8 Å². The zero-order valence-electron chi connectivity index (χ0n) is 11.0. The lowest BCUT2D eigenvalue weighted by molar-refractivity contribution is -0.133. The Balaban J connectivity index is 2.08. The van der Waals surface area contributed by atoms with E-state index < -0.39 is 11.5 Å². The molecule has 1 heterocycles. The molecule has 2 atom stereocenters. The Bertz CT molecular complexity index is 489. The van der Waals surface area contributed by atoms with E-state index >= 15 is 0 Å². The van der Waals surface area contributed by atoms with Gasteiger partial charge in [-0.1, -0.05) is 30.3 Å². The first-order valence-corrected chi connectivity index (χ1v) is 6.33. The fourth-order valence-electron chi connectivity index (χ4n) is 2.35. The molecular weight excluding hydrogens is 242 g/mol. The van der Waals surface area contributed by atoms with Crippen molar-refractivity contribution in [3.05, 3.63) is 35.9 Å². The van der Waals surface area contributed by atoms with Crippen LogP contribution in [0.25, 0.3) is 0 Å². The normalized spacial score (nSPS) is 24.2. The summed E-state index contributed by atoms with van der Waals surface area (Å²) in [5, 5.41) is 0. The summed E-state index contributed by atoms with van der Waals surface area (Å²) < 4.78 is 0. The van der Waals surface area contributed by atoms with E-state index in [4.69, 9.17) is 11.5 Å². The molecular formula is C14H19N3O2. The average Bonchev–Trinajstić information content (AvgIpc) is 2.82. The molecule has 1 fully saturated rings. The Morgan fingerprint density at radius 1 is 1.32 bits per heavy atom. The molecule has 102 valence electrons. The summed E-state index contributed by atoms with van der Waals surface area (Å²) in [5.74, 6) is -0.521. The van der Waals surface area contributed by atoms with E-state index in [1.54, 1.807) is 11.8 Å². The highest BCUT2D eigenvalue weighted by Crippen LogP contribution is 2.30. The summed E-state index contributed by atoms with van der Waals surface area (Å²) in [7, 11) is 0. The maximum absolute atomic E-state index is 12.3. The molecule has 5 nitrogen and oxygen atoms in total. The number of rotatable bonds is 3. The number of primary amides is 1. The zero-order valence-corrected chi connectivity index (χ0v) is 11.0. The predicted octanol–water partition coefficient (Wildman–Crippen LogP) is 0.410. The highest BCUT2D eigenvalue weighted by molar-refractivity contribution is 5.86. The minimum Gasteiger partial charge on any atom is -0.369 e. The number of hydrogen-bond acceptors (Lipinski definition) is 3. The van der Waals surface area contributed by atoms with Crippen LogP contribution in [0.3, 0.4) is 0 Å². The van der Waals surface area contributed by atoms with Crippen molar-refractivity contribution in [2.45, 2.75) is 19.4 Å². The van der Waals surface area contributed by atoms with Gasteiger partial charge in [0, 0.05) is 13.1 Å². The van der Waals surface area contributed by atoms with Crippen LogP contribution in [0.5, 0.6) is 0 Å². The van der Waals surface area contributed by atoms with E-state index in [0.29, 0.717) is 19.5 Å². The fraction of sp³-hybridized carbons (Fsp3) is 0.429. The third-order valence-electron chi connectivity index (χ3n) is 3.80. The maximum Gasteiger partial charge on any atom is 0.244 e. The molecule has 5 heteroatoms. The van der Waals surface area contributed by atoms with Crippen LogP contribution in [0, 0.1) is 5.41 Å². The smallest absolute Gasteiger partial charge is 0.244 e. The first kappa shape index (κ1) is 13.5. The monoisotopic (exact) mass is 261 g/mol. The van der Waals surface area contributed by atoms with Gasteiger partial charge in [0.1, 0.15) is 6.04 Å². The molecule has 0 saturated carbocycles. The van der Waals surface area contributed by atoms with Gasteiger partial charge < -0.3 is 16.4 Å². The van der Waals surface area contributed by atoms with Gasteiger partial charge in [-0.3, -0.25) is 9.59 Å². The van der Waals surface area contributed by atoms with E-state index in [1.165, 1.54) is 0 Å². The summed E-state index contributed by atoms with van der Waals surface area (Å²) >= 11 is 0. The van der Waals surface area contributed by atoms with Crippen molar-refractivity contribution in [1.82, 2.24) is 4.90 Å². The number of carbonyl (C=O) groups excluding carboxylic acids is 2. The summed E-state index contributed by atoms with van der Waals surface area (Å²) in [6.07, 6.45) is 0.593. The quantitative estimate of drug-likeness (QED) is 0.825. The van der Waals surface area contributed by atoms with Gasteiger partial charge in [-0.15, -0.1) is 0 Å². The Kier molecular flexibility index (Phi) is 3.57. The van der Waals surface area contributed by atoms with Crippen molar-refractivity contribution < 1.29 is 9.59 Å². The van der Waals surface area contributed by atoms with Gasteiger partial charge in [-0.2, -0.15) is 0 Å². The van der Waals surface area contributed by atoms with Crippen molar-refractivity contribution in [1.29, 1.82) is 0 Å². The summed E-state index contributed by atoms with van der Waals surface area (Å²) in [6.45, 7) is 2.66. The predicted molar refractivity (Wildman–Crippen MR) is 71.9 cm³/mol. The van der Waals surface area contributed by atoms with Gasteiger partial charge in [-0.05, 0) is 18.9 Å². The lowest BCUT2D eigenvalue weighted by atomic mass is 9.89. The number of amides is 2. The molecule has 19 heavy (non-hydrogen) atoms. The van der Waals surface area contributed by atoms with Crippen LogP contribution in [-0.2, 0) is 9.59 Å². The number of nitrogens with zero attached hydrogens (tertiary/aromatic N) is 1. The van der Waals surface area contributed by atoms with Crippen molar-refractivity contribution in [3.63, 3.8) is 0 Å². The summed E-state index contributed by atoms with van der Waals surface area (Å²) in [5.41, 5.74) is 11.5. The molecule has 1 saturated heterocycles. The molecule has 1 aromatic rings. The number of hydrogen-bond donors (Lipinski definition) is 2. The molecule has 2 amide bonds. The minimum atomic E-state index is -0.684. The Hall–Kier alpha value is -1.88. The van der Waals surface area contributed by atoms with Gasteiger partial charge in [-0.25, -0.2) is 0 Å². The molecule has 1 aliphatic rings. The third-order valence-corrected chi connectivity index (χ3v) is 3.80. The van der Waals surface area contributed by atoms with Crippen LogP contribution in [-0.4, -0.2) is 29.8 Å². The molecule has 0 radical (unpaired) electrons. The number of carbonyl (C=O) groups is 2. The number of benzene rings is 1. The van der Waals surface area contributed by atoms with E-state index in [2.05, 4.69) is 0 Å². The standard InChI is InChI=1S/C14H19N3O2/c1-14(13(16)19)7-8-17(9-14)12(18)11(15)10-5-3-2-4-6-10/h2-6,11H,7-9,15H2,1H3,(H2,16,19)/t11-,14?/m0/s1. The van der Waals surface area contributed by atoms with Crippen molar-refractivity contribution in [3.8, 4) is 0 Å². The van der Waals surface area contributed by atoms with Crippen LogP contribution in [0.1, 0.15) is 24.9 Å². The van der Waals surface area contributed by atoms with E-state index in [9.17, 15) is 9.59 Å². The lowest BCUT2D eigenvalue weighted by Gasteiger charge is -2.23. The molecule has 4 N–H and O–H groups in total. The highest BCUT2D eigenvalue weighted by Gasteiger charge is 2.41. The highest BCUT2D eigenvalue weighted by atomic mass is 16.2. The second kappa shape index (κ2) is 5.01. The molecule has 1 aromatic carbocycles. The van der Waals surface area contributed by atoms with Gasteiger partial charge in [0.15, 0.2) is 0 Å². The Morgan fingerprint density at radius 2 is 1.95 bits per heavy atom. The number of nitrogens with two attached hydrogens (primary N) is 2. The van der Waals surface area contributed by atoms with Crippen LogP contribution in [0.4, 0.5) is 0 Å². The first-order chi connectivity index (χ1) is 8.94. The molecule has 1 aliphatic heterocycles. The first-order valence-electron chi connectivity index (χ1n) is 6.33. The van der Waals surface area contributed by atoms with Crippen LogP contribution >= 0.6 is 0 Å². The zero-order chi connectivity index (χ0) is 14.0. The largest absolute Gasteiger partial charge is 0.369 e. The van der Waals surface area contributed by atoms with Crippen molar-refractivity contribution >= 4 is 11.8 Å². The van der Waals surface area contributed by atoms with Gasteiger partial charge >= 0.3 is 0 Å². The summed E-state index contributed by atoms with van der Waals surface area (Å²) in [4.78, 5) is 25.3. The van der Waals surface area contributed by atoms with Crippen molar-refractivity contribution in [2.24, 2.45) is 16.9 Å². The number of likely N-dealkylation sites (tertiary alicyclic amines) is 1. The van der Waals surface area contributed by atoms with Gasteiger partial charge in [0.25, 0.3) is 0 Å². The fourth-order valence-corrected chi connectivity index (χ4v) is 2.35. The van der Waals surface area contributed by atoms with Gasteiger partial charge in [0.05, 0.1) is 5.41 Å².